The van der Waals surface area contributed by atoms with Gasteiger partial charge in [-0.15, -0.1) is 0 Å². The van der Waals surface area contributed by atoms with Gasteiger partial charge in [0, 0.05) is 16.5 Å². The molecule has 24 heavy (non-hydrogen) atoms. The van der Waals surface area contributed by atoms with Gasteiger partial charge in [0.2, 0.25) is 0 Å². The van der Waals surface area contributed by atoms with Crippen molar-refractivity contribution in [3.05, 3.63) is 53.1 Å². The van der Waals surface area contributed by atoms with Gasteiger partial charge < -0.3 is 10.0 Å². The highest BCUT2D eigenvalue weighted by molar-refractivity contribution is 7.92. The number of halogens is 1. The van der Waals surface area contributed by atoms with Crippen LogP contribution in [0.1, 0.15) is 18.9 Å². The molecule has 1 atom stereocenters. The second-order valence-corrected chi connectivity index (χ2v) is 8.10. The Bertz CT molecular complexity index is 872. The van der Waals surface area contributed by atoms with E-state index in [1.165, 1.54) is 22.5 Å². The number of hydrogen-bond donors (Lipinski definition) is 2. The number of rotatable bonds is 3. The molecule has 8 heteroatoms. The predicted molar refractivity (Wildman–Crippen MR) is 95.2 cm³/mol. The van der Waals surface area contributed by atoms with E-state index in [-0.39, 0.29) is 21.4 Å². The van der Waals surface area contributed by atoms with Crippen molar-refractivity contribution < 1.29 is 18.5 Å². The van der Waals surface area contributed by atoms with E-state index in [0.717, 1.165) is 18.4 Å². The fourth-order valence-electron chi connectivity index (χ4n) is 3.02. The van der Waals surface area contributed by atoms with E-state index in [1.807, 2.05) is 25.1 Å². The zero-order valence-corrected chi connectivity index (χ0v) is 14.6. The summed E-state index contributed by atoms with van der Waals surface area (Å²) in [7, 11) is -5.68. The number of anilines is 1. The second kappa shape index (κ2) is 6.40. The van der Waals surface area contributed by atoms with Crippen molar-refractivity contribution in [2.45, 2.75) is 30.7 Å². The van der Waals surface area contributed by atoms with Crippen molar-refractivity contribution in [2.24, 2.45) is 0 Å². The summed E-state index contributed by atoms with van der Waals surface area (Å²) in [5, 5.41) is 18.9. The normalized spacial score (nSPS) is 17.5. The molecule has 1 unspecified atom stereocenters. The lowest BCUT2D eigenvalue weighted by molar-refractivity contribution is 0.425. The average Bonchev–Trinajstić information content (AvgIpc) is 2.54. The average molecular weight is 366 g/mol. The molecule has 0 aromatic heterocycles. The summed E-state index contributed by atoms with van der Waals surface area (Å²) in [6.45, 7) is 1.87. The van der Waals surface area contributed by atoms with E-state index < -0.39 is 17.1 Å². The summed E-state index contributed by atoms with van der Waals surface area (Å²) in [5.41, 5.74) is 1.61. The highest BCUT2D eigenvalue weighted by Crippen LogP contribution is 2.35. The molecule has 126 valence electrons. The third-order valence-electron chi connectivity index (χ3n) is 4.26. The minimum atomic E-state index is -3.84. The molecule has 3 rings (SSSR count). The van der Waals surface area contributed by atoms with Crippen LogP contribution in [-0.2, 0) is 16.4 Å². The fourth-order valence-corrected chi connectivity index (χ4v) is 4.99. The summed E-state index contributed by atoms with van der Waals surface area (Å²) in [6.07, 6.45) is 1.55. The zero-order valence-electron chi connectivity index (χ0n) is 13.1. The van der Waals surface area contributed by atoms with Gasteiger partial charge in [-0.05, 0) is 49.6 Å². The molecule has 0 saturated carbocycles. The largest absolute Gasteiger partial charge is 0.490 e. The summed E-state index contributed by atoms with van der Waals surface area (Å²) < 4.78 is 27.7. The Morgan fingerprint density at radius 1 is 1.21 bits per heavy atom. The predicted octanol–water partition coefficient (Wildman–Crippen LogP) is 1.55. The van der Waals surface area contributed by atoms with Gasteiger partial charge >= 0.3 is 7.12 Å². The van der Waals surface area contributed by atoms with Crippen molar-refractivity contribution in [3.8, 4) is 0 Å². The molecule has 2 aromatic rings. The quantitative estimate of drug-likeness (QED) is 0.809. The van der Waals surface area contributed by atoms with E-state index in [2.05, 4.69) is 0 Å². The fraction of sp³-hybridized carbons (Fsp3) is 0.250. The van der Waals surface area contributed by atoms with E-state index in [0.29, 0.717) is 5.69 Å². The Morgan fingerprint density at radius 3 is 2.62 bits per heavy atom. The van der Waals surface area contributed by atoms with Crippen molar-refractivity contribution >= 4 is 39.9 Å². The third-order valence-corrected chi connectivity index (χ3v) is 6.53. The molecule has 0 amide bonds. The van der Waals surface area contributed by atoms with Gasteiger partial charge in [0.05, 0.1) is 10.6 Å². The minimum Gasteiger partial charge on any atom is -0.423 e. The number of fused-ring (bicyclic) bond motifs is 1. The van der Waals surface area contributed by atoms with E-state index in [9.17, 15) is 18.5 Å². The molecule has 5 nitrogen and oxygen atoms in total. The summed E-state index contributed by atoms with van der Waals surface area (Å²) in [4.78, 5) is -0.0152. The molecule has 0 radical (unpaired) electrons. The highest BCUT2D eigenvalue weighted by Gasteiger charge is 2.34. The number of benzene rings is 2. The molecule has 0 aliphatic carbocycles. The molecule has 1 aliphatic heterocycles. The maximum absolute atomic E-state index is 13.2. The molecule has 2 aromatic carbocycles. The second-order valence-electron chi connectivity index (χ2n) is 5.87. The molecule has 1 aliphatic rings. The Kier molecular flexibility index (Phi) is 4.61. The third kappa shape index (κ3) is 2.93. The minimum absolute atomic E-state index is 0.0152. The number of nitrogens with zero attached hydrogens (tertiary/aromatic N) is 1. The SMILES string of the molecule is CC1CCc2ccccc2N1S(=O)(=O)c1ccc(Cl)c(B(O)O)c1. The van der Waals surface area contributed by atoms with Crippen LogP contribution < -0.4 is 9.77 Å². The van der Waals surface area contributed by atoms with Crippen molar-refractivity contribution in [2.75, 3.05) is 4.31 Å². The first-order valence-electron chi connectivity index (χ1n) is 7.60. The maximum Gasteiger partial charge on any atom is 0.490 e. The zero-order chi connectivity index (χ0) is 17.5. The van der Waals surface area contributed by atoms with E-state index >= 15 is 0 Å². The van der Waals surface area contributed by atoms with Gasteiger partial charge in [-0.25, -0.2) is 8.42 Å². The van der Waals surface area contributed by atoms with Crippen LogP contribution >= 0.6 is 11.6 Å². The van der Waals surface area contributed by atoms with Crippen LogP contribution in [0.4, 0.5) is 5.69 Å². The van der Waals surface area contributed by atoms with Crippen LogP contribution in [0.5, 0.6) is 0 Å². The van der Waals surface area contributed by atoms with Gasteiger partial charge in [-0.2, -0.15) is 0 Å². The molecule has 0 spiro atoms. The molecule has 1 heterocycles. The first-order chi connectivity index (χ1) is 11.3. The van der Waals surface area contributed by atoms with Crippen LogP contribution in [0.3, 0.4) is 0 Å². The van der Waals surface area contributed by atoms with Gasteiger partial charge in [0.1, 0.15) is 0 Å². The molecule has 0 fully saturated rings. The van der Waals surface area contributed by atoms with Crippen LogP contribution in [0.25, 0.3) is 0 Å². The molecular formula is C16H17BClNO4S. The lowest BCUT2D eigenvalue weighted by Gasteiger charge is -2.36. The van der Waals surface area contributed by atoms with Crippen LogP contribution in [-0.4, -0.2) is 31.6 Å². The number of sulfonamides is 1. The number of hydrogen-bond acceptors (Lipinski definition) is 4. The molecular weight excluding hydrogens is 349 g/mol. The van der Waals surface area contributed by atoms with Gasteiger partial charge in [0.15, 0.2) is 0 Å². The van der Waals surface area contributed by atoms with Crippen molar-refractivity contribution in [1.29, 1.82) is 0 Å². The van der Waals surface area contributed by atoms with Crippen molar-refractivity contribution in [1.82, 2.24) is 0 Å². The van der Waals surface area contributed by atoms with Gasteiger partial charge in [-0.3, -0.25) is 4.31 Å². The summed E-state index contributed by atoms with van der Waals surface area (Å²) >= 11 is 5.91. The molecule has 0 bridgehead atoms. The smallest absolute Gasteiger partial charge is 0.423 e. The molecule has 2 N–H and O–H groups in total. The van der Waals surface area contributed by atoms with Crippen molar-refractivity contribution in [3.63, 3.8) is 0 Å². The lowest BCUT2D eigenvalue weighted by Crippen LogP contribution is -2.42. The number of para-hydroxylation sites is 1. The summed E-state index contributed by atoms with van der Waals surface area (Å²) in [5.74, 6) is 0. The molecule has 0 saturated heterocycles. The lowest BCUT2D eigenvalue weighted by atomic mass is 9.80. The topological polar surface area (TPSA) is 77.8 Å². The van der Waals surface area contributed by atoms with Crippen LogP contribution in [0.2, 0.25) is 5.02 Å². The highest BCUT2D eigenvalue weighted by atomic mass is 35.5. The summed E-state index contributed by atoms with van der Waals surface area (Å²) in [6, 6.07) is 11.2. The first-order valence-corrected chi connectivity index (χ1v) is 9.42. The van der Waals surface area contributed by atoms with Crippen LogP contribution in [0, 0.1) is 0 Å². The Morgan fingerprint density at radius 2 is 1.92 bits per heavy atom. The van der Waals surface area contributed by atoms with E-state index in [4.69, 9.17) is 11.6 Å². The number of aryl methyl sites for hydroxylation is 1. The Hall–Kier alpha value is -1.54. The Balaban J connectivity index is 2.13. The van der Waals surface area contributed by atoms with Crippen LogP contribution in [0.15, 0.2) is 47.4 Å². The monoisotopic (exact) mass is 365 g/mol. The maximum atomic E-state index is 13.2. The standard InChI is InChI=1S/C16H17BClNO4S/c1-11-6-7-12-4-2-3-5-16(12)19(11)24(22,23)13-8-9-15(18)14(10-13)17(20)21/h2-5,8-11,20-21H,6-7H2,1H3. The van der Waals surface area contributed by atoms with E-state index in [1.54, 1.807) is 6.07 Å². The van der Waals surface area contributed by atoms with Gasteiger partial charge in [0.25, 0.3) is 10.0 Å². The first kappa shape index (κ1) is 17.3. The Labute approximate surface area is 146 Å². The van der Waals surface area contributed by atoms with Gasteiger partial charge in [-0.1, -0.05) is 29.8 Å².